The van der Waals surface area contributed by atoms with Crippen LogP contribution in [0.25, 0.3) is 17.2 Å². The van der Waals surface area contributed by atoms with E-state index in [1.807, 2.05) is 0 Å². The van der Waals surface area contributed by atoms with Crippen LogP contribution in [0.5, 0.6) is 5.75 Å². The molecule has 1 fully saturated rings. The van der Waals surface area contributed by atoms with Crippen molar-refractivity contribution in [1.82, 2.24) is 0 Å². The Hall–Kier alpha value is -2.35. The van der Waals surface area contributed by atoms with E-state index in [0.717, 1.165) is 42.8 Å². The Morgan fingerprint density at radius 3 is 2.16 bits per heavy atom. The molecule has 2 nitrogen and oxygen atoms in total. The fourth-order valence-electron chi connectivity index (χ4n) is 4.61. The molecule has 0 spiro atoms. The first-order chi connectivity index (χ1) is 15.5. The summed E-state index contributed by atoms with van der Waals surface area (Å²) >= 11 is 0. The van der Waals surface area contributed by atoms with E-state index >= 15 is 0 Å². The molecule has 0 saturated heterocycles. The van der Waals surface area contributed by atoms with Crippen LogP contribution in [-0.4, -0.2) is 12.4 Å². The average Bonchev–Trinajstić information content (AvgIpc) is 2.79. The van der Waals surface area contributed by atoms with Crippen molar-refractivity contribution in [3.63, 3.8) is 0 Å². The molecule has 2 aromatic carbocycles. The van der Waals surface area contributed by atoms with Crippen molar-refractivity contribution >= 4 is 11.9 Å². The summed E-state index contributed by atoms with van der Waals surface area (Å²) in [6.45, 7) is 9.54. The molecule has 3 rings (SSSR count). The van der Waals surface area contributed by atoms with E-state index in [9.17, 15) is 4.79 Å². The van der Waals surface area contributed by atoms with Gasteiger partial charge < -0.3 is 4.74 Å². The third-order valence-electron chi connectivity index (χ3n) is 6.80. The number of unbranched alkanes of at least 4 members (excludes halogenated alkanes) is 4. The smallest absolute Gasteiger partial charge is 0.162 e. The van der Waals surface area contributed by atoms with Gasteiger partial charge in [0, 0.05) is 5.92 Å². The zero-order chi connectivity index (χ0) is 22.9. The molecule has 0 aromatic heterocycles. The molecule has 0 amide bonds. The number of rotatable bonds is 10. The summed E-state index contributed by atoms with van der Waals surface area (Å²) in [5.41, 5.74) is 4.47. The van der Waals surface area contributed by atoms with E-state index in [1.165, 1.54) is 36.8 Å². The first-order valence-corrected chi connectivity index (χ1v) is 12.6. The summed E-state index contributed by atoms with van der Waals surface area (Å²) < 4.78 is 5.89. The van der Waals surface area contributed by atoms with Crippen LogP contribution in [-0.2, 0) is 4.79 Å². The maximum atomic E-state index is 13.0. The lowest BCUT2D eigenvalue weighted by Crippen LogP contribution is -2.30. The standard InChI is InChI=1S/C30H40O2/c1-5-6-7-8-9-20-32-27-17-15-26(16-18-27)25-13-11-24(12-14-25)21-29-23(4)10-19-28(22(2)3)30(29)31/h11-18,21-23,28H,5-10,19-20H2,1-4H3/b29-21-. The molecule has 172 valence electrons. The van der Waals surface area contributed by atoms with E-state index in [0.29, 0.717) is 17.6 Å². The Labute approximate surface area is 195 Å². The van der Waals surface area contributed by atoms with Crippen LogP contribution in [0.2, 0.25) is 0 Å². The third kappa shape index (κ3) is 6.58. The molecular weight excluding hydrogens is 392 g/mol. The molecule has 1 aliphatic rings. The Kier molecular flexibility index (Phi) is 9.14. The molecule has 1 saturated carbocycles. The van der Waals surface area contributed by atoms with Gasteiger partial charge >= 0.3 is 0 Å². The molecule has 2 heteroatoms. The Morgan fingerprint density at radius 1 is 0.906 bits per heavy atom. The topological polar surface area (TPSA) is 26.3 Å². The molecule has 2 aromatic rings. The summed E-state index contributed by atoms with van der Waals surface area (Å²) in [5, 5.41) is 0. The number of hydrogen-bond donors (Lipinski definition) is 0. The second-order valence-corrected chi connectivity index (χ2v) is 9.70. The predicted molar refractivity (Wildman–Crippen MR) is 136 cm³/mol. The van der Waals surface area contributed by atoms with Crippen molar-refractivity contribution in [1.29, 1.82) is 0 Å². The van der Waals surface area contributed by atoms with Crippen LogP contribution in [0.1, 0.15) is 78.2 Å². The molecule has 2 unspecified atom stereocenters. The number of benzene rings is 2. The van der Waals surface area contributed by atoms with Gasteiger partial charge in [0.25, 0.3) is 0 Å². The van der Waals surface area contributed by atoms with Crippen molar-refractivity contribution < 1.29 is 9.53 Å². The highest BCUT2D eigenvalue weighted by Gasteiger charge is 2.32. The van der Waals surface area contributed by atoms with Crippen molar-refractivity contribution in [3.05, 3.63) is 59.7 Å². The van der Waals surface area contributed by atoms with Gasteiger partial charge in [-0.3, -0.25) is 4.79 Å². The molecule has 0 N–H and O–H groups in total. The molecule has 0 bridgehead atoms. The second kappa shape index (κ2) is 12.0. The lowest BCUT2D eigenvalue weighted by Gasteiger charge is -2.30. The van der Waals surface area contributed by atoms with Gasteiger partial charge in [0.05, 0.1) is 6.61 Å². The Bertz CT molecular complexity index is 874. The first-order valence-electron chi connectivity index (χ1n) is 12.6. The molecular formula is C30H40O2. The van der Waals surface area contributed by atoms with E-state index in [2.05, 4.69) is 82.3 Å². The van der Waals surface area contributed by atoms with Gasteiger partial charge in [0.2, 0.25) is 0 Å². The van der Waals surface area contributed by atoms with Gasteiger partial charge in [0.1, 0.15) is 5.75 Å². The quantitative estimate of drug-likeness (QED) is 0.278. The second-order valence-electron chi connectivity index (χ2n) is 9.70. The van der Waals surface area contributed by atoms with Crippen LogP contribution in [0, 0.1) is 17.8 Å². The van der Waals surface area contributed by atoms with Crippen LogP contribution >= 0.6 is 0 Å². The predicted octanol–water partition coefficient (Wildman–Crippen LogP) is 8.36. The van der Waals surface area contributed by atoms with Gasteiger partial charge in [0.15, 0.2) is 5.78 Å². The lowest BCUT2D eigenvalue weighted by molar-refractivity contribution is -0.122. The fourth-order valence-corrected chi connectivity index (χ4v) is 4.61. The molecule has 0 heterocycles. The number of ketones is 1. The van der Waals surface area contributed by atoms with Gasteiger partial charge in [-0.05, 0) is 71.6 Å². The van der Waals surface area contributed by atoms with Crippen molar-refractivity contribution in [2.45, 2.75) is 72.6 Å². The number of carbonyl (C=O) groups is 1. The zero-order valence-electron chi connectivity index (χ0n) is 20.4. The zero-order valence-corrected chi connectivity index (χ0v) is 20.4. The fraction of sp³-hybridized carbons (Fsp3) is 0.500. The molecule has 0 radical (unpaired) electrons. The highest BCUT2D eigenvalue weighted by atomic mass is 16.5. The molecule has 0 aliphatic heterocycles. The Morgan fingerprint density at radius 2 is 1.53 bits per heavy atom. The lowest BCUT2D eigenvalue weighted by atomic mass is 9.73. The minimum atomic E-state index is 0.175. The maximum Gasteiger partial charge on any atom is 0.162 e. The summed E-state index contributed by atoms with van der Waals surface area (Å²) in [5.74, 6) is 2.22. The van der Waals surface area contributed by atoms with E-state index < -0.39 is 0 Å². The van der Waals surface area contributed by atoms with E-state index in [-0.39, 0.29) is 5.92 Å². The van der Waals surface area contributed by atoms with Gasteiger partial charge in [-0.2, -0.15) is 0 Å². The minimum absolute atomic E-state index is 0.175. The van der Waals surface area contributed by atoms with Crippen LogP contribution in [0.3, 0.4) is 0 Å². The monoisotopic (exact) mass is 432 g/mol. The number of allylic oxidation sites excluding steroid dienone is 1. The van der Waals surface area contributed by atoms with Gasteiger partial charge in [-0.1, -0.05) is 89.8 Å². The molecule has 1 aliphatic carbocycles. The van der Waals surface area contributed by atoms with Crippen LogP contribution < -0.4 is 4.74 Å². The number of ether oxygens (including phenoxy) is 1. The molecule has 32 heavy (non-hydrogen) atoms. The summed E-state index contributed by atoms with van der Waals surface area (Å²) in [6, 6.07) is 16.9. The summed E-state index contributed by atoms with van der Waals surface area (Å²) in [7, 11) is 0. The van der Waals surface area contributed by atoms with Crippen LogP contribution in [0.15, 0.2) is 54.1 Å². The van der Waals surface area contributed by atoms with Gasteiger partial charge in [-0.15, -0.1) is 0 Å². The Balaban J connectivity index is 1.60. The number of carbonyl (C=O) groups excluding carboxylic acids is 1. The molecule has 2 atom stereocenters. The largest absolute Gasteiger partial charge is 0.494 e. The van der Waals surface area contributed by atoms with Crippen molar-refractivity contribution in [3.8, 4) is 16.9 Å². The number of hydrogen-bond acceptors (Lipinski definition) is 2. The number of Topliss-reactive ketones (excluding diaryl/α,β-unsaturated/α-hetero) is 1. The average molecular weight is 433 g/mol. The summed E-state index contributed by atoms with van der Waals surface area (Å²) in [4.78, 5) is 13.0. The first kappa shape index (κ1) is 24.3. The van der Waals surface area contributed by atoms with Crippen molar-refractivity contribution in [2.24, 2.45) is 17.8 Å². The highest BCUT2D eigenvalue weighted by Crippen LogP contribution is 2.35. The highest BCUT2D eigenvalue weighted by molar-refractivity contribution is 6.02. The van der Waals surface area contributed by atoms with Gasteiger partial charge in [-0.25, -0.2) is 0 Å². The van der Waals surface area contributed by atoms with Crippen LogP contribution in [0.4, 0.5) is 0 Å². The third-order valence-corrected chi connectivity index (χ3v) is 6.80. The van der Waals surface area contributed by atoms with E-state index in [4.69, 9.17) is 4.74 Å². The maximum absolute atomic E-state index is 13.0. The summed E-state index contributed by atoms with van der Waals surface area (Å²) in [6.07, 6.45) is 10.5. The minimum Gasteiger partial charge on any atom is -0.494 e. The SMILES string of the molecule is CCCCCCCOc1ccc(-c2ccc(/C=C3\C(=O)C(C(C)C)CCC3C)cc2)cc1. The normalized spacial score (nSPS) is 20.2. The van der Waals surface area contributed by atoms with E-state index in [1.54, 1.807) is 0 Å². The van der Waals surface area contributed by atoms with Crippen molar-refractivity contribution in [2.75, 3.05) is 6.61 Å².